The maximum absolute atomic E-state index is 12.1. The van der Waals surface area contributed by atoms with Crippen LogP contribution in [0.4, 0.5) is 11.5 Å². The summed E-state index contributed by atoms with van der Waals surface area (Å²) in [5, 5.41) is 0. The minimum Gasteiger partial charge on any atom is -0.462 e. The quantitative estimate of drug-likeness (QED) is 0.585. The Morgan fingerprint density at radius 3 is 2.71 bits per heavy atom. The number of amides is 1. The molecule has 0 spiro atoms. The van der Waals surface area contributed by atoms with Gasteiger partial charge in [0.25, 0.3) is 0 Å². The molecule has 3 aliphatic heterocycles. The van der Waals surface area contributed by atoms with Crippen molar-refractivity contribution in [2.75, 3.05) is 62.7 Å². The number of carbonyl (C=O) groups is 1. The number of fused-ring (bicyclic) bond motifs is 1. The van der Waals surface area contributed by atoms with Crippen LogP contribution in [-0.4, -0.2) is 89.6 Å². The topological polar surface area (TPSA) is 77.9 Å². The Kier molecular flexibility index (Phi) is 6.86. The number of nitrogens with zero attached hydrogens (tertiary/aromatic N) is 7. The van der Waals surface area contributed by atoms with Gasteiger partial charge in [0.2, 0.25) is 5.91 Å². The molecular weight excluding hydrogens is 442 g/mol. The molecule has 1 amide bonds. The van der Waals surface area contributed by atoms with Gasteiger partial charge in [-0.25, -0.2) is 0 Å². The van der Waals surface area contributed by atoms with Crippen LogP contribution in [0.3, 0.4) is 0 Å². The second-order valence-corrected chi connectivity index (χ2v) is 9.69. The van der Waals surface area contributed by atoms with Gasteiger partial charge in [0.1, 0.15) is 12.4 Å². The number of hydrogen-bond acceptors (Lipinski definition) is 8. The number of likely N-dealkylation sites (tertiary alicyclic amines) is 1. The van der Waals surface area contributed by atoms with Crippen molar-refractivity contribution in [3.05, 3.63) is 47.9 Å². The highest BCUT2D eigenvalue weighted by Gasteiger charge is 2.29. The summed E-state index contributed by atoms with van der Waals surface area (Å²) in [6.07, 6.45) is 8.36. The fraction of sp³-hybridized carbons (Fsp3) is 0.538. The average Bonchev–Trinajstić information content (AvgIpc) is 3.31. The first-order valence-electron chi connectivity index (χ1n) is 12.6. The summed E-state index contributed by atoms with van der Waals surface area (Å²) in [4.78, 5) is 35.0. The molecule has 2 saturated heterocycles. The lowest BCUT2D eigenvalue weighted by Gasteiger charge is -2.38. The van der Waals surface area contributed by atoms with Gasteiger partial charge in [-0.1, -0.05) is 6.58 Å². The van der Waals surface area contributed by atoms with E-state index >= 15 is 0 Å². The predicted molar refractivity (Wildman–Crippen MR) is 136 cm³/mol. The van der Waals surface area contributed by atoms with Crippen molar-refractivity contribution in [2.24, 2.45) is 0 Å². The van der Waals surface area contributed by atoms with Crippen molar-refractivity contribution in [3.63, 3.8) is 0 Å². The van der Waals surface area contributed by atoms with Gasteiger partial charge in [-0.15, -0.1) is 0 Å². The number of piperazine rings is 1. The SMILES string of the molecule is C=CC(=O)N1CCN(c2nc(OC[C@@H]3CCCN3C)nc3c2CCN(c2ccncc2C)C3)CC1. The van der Waals surface area contributed by atoms with Crippen LogP contribution < -0.4 is 14.5 Å². The zero-order chi connectivity index (χ0) is 24.4. The third-order valence-electron chi connectivity index (χ3n) is 7.50. The maximum atomic E-state index is 12.1. The van der Waals surface area contributed by atoms with Gasteiger partial charge in [-0.3, -0.25) is 9.78 Å². The summed E-state index contributed by atoms with van der Waals surface area (Å²) in [5.41, 5.74) is 4.57. The van der Waals surface area contributed by atoms with E-state index in [1.54, 1.807) is 0 Å². The van der Waals surface area contributed by atoms with Gasteiger partial charge in [0, 0.05) is 62.4 Å². The van der Waals surface area contributed by atoms with E-state index in [-0.39, 0.29) is 5.91 Å². The van der Waals surface area contributed by atoms with Crippen LogP contribution in [-0.2, 0) is 17.8 Å². The monoisotopic (exact) mass is 477 g/mol. The second-order valence-electron chi connectivity index (χ2n) is 9.69. The summed E-state index contributed by atoms with van der Waals surface area (Å²) in [5.74, 6) is 0.948. The van der Waals surface area contributed by atoms with Crippen LogP contribution in [0.15, 0.2) is 31.1 Å². The first-order chi connectivity index (χ1) is 17.0. The molecule has 3 aliphatic rings. The summed E-state index contributed by atoms with van der Waals surface area (Å²) < 4.78 is 6.20. The highest BCUT2D eigenvalue weighted by atomic mass is 16.5. The lowest BCUT2D eigenvalue weighted by atomic mass is 10.0. The molecule has 0 unspecified atom stereocenters. The van der Waals surface area contributed by atoms with Crippen molar-refractivity contribution in [2.45, 2.75) is 38.8 Å². The third kappa shape index (κ3) is 4.96. The smallest absolute Gasteiger partial charge is 0.318 e. The summed E-state index contributed by atoms with van der Waals surface area (Å²) in [7, 11) is 2.15. The van der Waals surface area contributed by atoms with Crippen LogP contribution in [0, 0.1) is 6.92 Å². The Bertz CT molecular complexity index is 1080. The standard InChI is InChI=1S/C26H35N7O2/c1-4-24(34)31-12-14-32(15-13-31)25-21-8-11-33(23-7-9-27-16-19(23)2)17-22(21)28-26(29-25)35-18-20-6-5-10-30(20)3/h4,7,9,16,20H,1,5-6,8,10-15,17-18H2,2-3H3/t20-/m0/s1. The minimum atomic E-state index is -0.0116. The predicted octanol–water partition coefficient (Wildman–Crippen LogP) is 2.05. The first kappa shape index (κ1) is 23.5. The highest BCUT2D eigenvalue weighted by Crippen LogP contribution is 2.32. The molecule has 0 bridgehead atoms. The molecule has 9 heteroatoms. The lowest BCUT2D eigenvalue weighted by molar-refractivity contribution is -0.126. The van der Waals surface area contributed by atoms with Gasteiger partial charge < -0.3 is 24.3 Å². The van der Waals surface area contributed by atoms with Gasteiger partial charge in [0.05, 0.1) is 12.2 Å². The van der Waals surface area contributed by atoms with E-state index in [1.807, 2.05) is 17.3 Å². The largest absolute Gasteiger partial charge is 0.462 e. The molecule has 0 aliphatic carbocycles. The van der Waals surface area contributed by atoms with Crippen molar-refractivity contribution in [1.29, 1.82) is 0 Å². The van der Waals surface area contributed by atoms with Crippen LogP contribution >= 0.6 is 0 Å². The highest BCUT2D eigenvalue weighted by molar-refractivity contribution is 5.87. The zero-order valence-electron chi connectivity index (χ0n) is 20.8. The van der Waals surface area contributed by atoms with Crippen molar-refractivity contribution >= 4 is 17.4 Å². The Morgan fingerprint density at radius 2 is 2.00 bits per heavy atom. The molecule has 0 saturated carbocycles. The van der Waals surface area contributed by atoms with Crippen LogP contribution in [0.2, 0.25) is 0 Å². The molecule has 35 heavy (non-hydrogen) atoms. The van der Waals surface area contributed by atoms with E-state index in [0.717, 1.165) is 56.1 Å². The van der Waals surface area contributed by atoms with E-state index in [0.29, 0.717) is 38.3 Å². The molecule has 9 nitrogen and oxygen atoms in total. The van der Waals surface area contributed by atoms with Crippen molar-refractivity contribution in [3.8, 4) is 6.01 Å². The van der Waals surface area contributed by atoms with E-state index in [4.69, 9.17) is 14.7 Å². The fourth-order valence-corrected chi connectivity index (χ4v) is 5.37. The number of carbonyl (C=O) groups excluding carboxylic acids is 1. The van der Waals surface area contributed by atoms with Crippen molar-refractivity contribution < 1.29 is 9.53 Å². The minimum absolute atomic E-state index is 0.0116. The number of ether oxygens (including phenoxy) is 1. The molecule has 186 valence electrons. The summed E-state index contributed by atoms with van der Waals surface area (Å²) >= 11 is 0. The second kappa shape index (κ2) is 10.2. The molecular formula is C26H35N7O2. The molecule has 2 fully saturated rings. The average molecular weight is 478 g/mol. The molecule has 5 rings (SSSR count). The van der Waals surface area contributed by atoms with Gasteiger partial charge >= 0.3 is 6.01 Å². The summed E-state index contributed by atoms with van der Waals surface area (Å²) in [6.45, 7) is 11.8. The van der Waals surface area contributed by atoms with E-state index in [9.17, 15) is 4.79 Å². The maximum Gasteiger partial charge on any atom is 0.318 e. The van der Waals surface area contributed by atoms with E-state index < -0.39 is 0 Å². The fourth-order valence-electron chi connectivity index (χ4n) is 5.37. The lowest BCUT2D eigenvalue weighted by Crippen LogP contribution is -2.49. The normalized spacial score (nSPS) is 20.6. The molecule has 0 radical (unpaired) electrons. The summed E-state index contributed by atoms with van der Waals surface area (Å²) in [6, 6.07) is 2.94. The van der Waals surface area contributed by atoms with Crippen molar-refractivity contribution in [1.82, 2.24) is 24.8 Å². The number of rotatable bonds is 6. The molecule has 5 heterocycles. The Hall–Kier alpha value is -3.20. The Labute approximate surface area is 207 Å². The molecule has 0 aromatic carbocycles. The number of aryl methyl sites for hydroxylation is 1. The van der Waals surface area contributed by atoms with E-state index in [2.05, 4.69) is 46.3 Å². The first-order valence-corrected chi connectivity index (χ1v) is 12.6. The van der Waals surface area contributed by atoms with Crippen LogP contribution in [0.25, 0.3) is 0 Å². The van der Waals surface area contributed by atoms with Crippen LogP contribution in [0.1, 0.15) is 29.7 Å². The number of hydrogen-bond donors (Lipinski definition) is 0. The molecule has 1 atom stereocenters. The number of anilines is 2. The van der Waals surface area contributed by atoms with E-state index in [1.165, 1.54) is 23.7 Å². The Morgan fingerprint density at radius 1 is 1.17 bits per heavy atom. The zero-order valence-corrected chi connectivity index (χ0v) is 20.8. The van der Waals surface area contributed by atoms with Crippen LogP contribution in [0.5, 0.6) is 6.01 Å². The number of pyridine rings is 1. The number of aromatic nitrogens is 3. The number of likely N-dealkylation sites (N-methyl/N-ethyl adjacent to an activating group) is 1. The Balaban J connectivity index is 1.41. The molecule has 2 aromatic rings. The van der Waals surface area contributed by atoms with Gasteiger partial charge in [0.15, 0.2) is 0 Å². The molecule has 2 aromatic heterocycles. The van der Waals surface area contributed by atoms with Gasteiger partial charge in [-0.2, -0.15) is 9.97 Å². The molecule has 0 N–H and O–H groups in total. The third-order valence-corrected chi connectivity index (χ3v) is 7.50. The van der Waals surface area contributed by atoms with Gasteiger partial charge in [-0.05, 0) is 57.5 Å².